The molecule has 0 heterocycles. The number of carboxylic acid groups (broad SMARTS) is 1. The SMILES string of the molecule is COc1ccc(F)c(-c2ccc(COc3ccc4c(c3)[C@]3(CC4)C[C@@H]3C(=O)O)cc2C2=CCCC2(C)C)c1. The summed E-state index contributed by atoms with van der Waals surface area (Å²) in [5, 5.41) is 9.56. The zero-order chi connectivity index (χ0) is 26.7. The summed E-state index contributed by atoms with van der Waals surface area (Å²) in [7, 11) is 1.59. The molecule has 5 heteroatoms. The molecule has 3 aromatic rings. The molecule has 196 valence electrons. The minimum atomic E-state index is -0.701. The zero-order valence-corrected chi connectivity index (χ0v) is 22.1. The summed E-state index contributed by atoms with van der Waals surface area (Å²) in [6, 6.07) is 17.1. The molecule has 4 nitrogen and oxygen atoms in total. The molecule has 0 amide bonds. The Morgan fingerprint density at radius 2 is 1.82 bits per heavy atom. The first-order chi connectivity index (χ1) is 18.2. The third kappa shape index (κ3) is 4.09. The van der Waals surface area contributed by atoms with Gasteiger partial charge in [0.05, 0.1) is 13.0 Å². The van der Waals surface area contributed by atoms with Crippen LogP contribution in [0.15, 0.2) is 60.7 Å². The Kier molecular flexibility index (Phi) is 5.86. The maximum atomic E-state index is 15.0. The Bertz CT molecular complexity index is 1470. The van der Waals surface area contributed by atoms with Gasteiger partial charge >= 0.3 is 5.97 Å². The summed E-state index contributed by atoms with van der Waals surface area (Å²) in [5.74, 6) is 0.113. The number of halogens is 1. The van der Waals surface area contributed by atoms with Gasteiger partial charge in [0.1, 0.15) is 23.9 Å². The Morgan fingerprint density at radius 3 is 2.53 bits per heavy atom. The molecule has 1 N–H and O–H groups in total. The Morgan fingerprint density at radius 1 is 1.00 bits per heavy atom. The van der Waals surface area contributed by atoms with Crippen molar-refractivity contribution < 1.29 is 23.8 Å². The van der Waals surface area contributed by atoms with E-state index in [1.165, 1.54) is 17.2 Å². The highest BCUT2D eigenvalue weighted by Crippen LogP contribution is 2.62. The smallest absolute Gasteiger partial charge is 0.307 e. The molecule has 0 radical (unpaired) electrons. The summed E-state index contributed by atoms with van der Waals surface area (Å²) < 4.78 is 26.7. The van der Waals surface area contributed by atoms with Gasteiger partial charge in [-0.05, 0) is 107 Å². The average molecular weight is 513 g/mol. The molecule has 1 saturated carbocycles. The van der Waals surface area contributed by atoms with Crippen LogP contribution in [-0.4, -0.2) is 18.2 Å². The predicted octanol–water partition coefficient (Wildman–Crippen LogP) is 7.57. The second kappa shape index (κ2) is 9.00. The second-order valence-corrected chi connectivity index (χ2v) is 11.6. The lowest BCUT2D eigenvalue weighted by molar-refractivity contribution is -0.139. The van der Waals surface area contributed by atoms with E-state index in [0.717, 1.165) is 60.1 Å². The maximum absolute atomic E-state index is 15.0. The number of allylic oxidation sites excluding steroid dienone is 2. The van der Waals surface area contributed by atoms with Crippen LogP contribution in [0.5, 0.6) is 11.5 Å². The van der Waals surface area contributed by atoms with Crippen LogP contribution in [0, 0.1) is 17.2 Å². The van der Waals surface area contributed by atoms with E-state index < -0.39 is 5.97 Å². The van der Waals surface area contributed by atoms with Crippen molar-refractivity contribution in [2.24, 2.45) is 11.3 Å². The van der Waals surface area contributed by atoms with E-state index in [0.29, 0.717) is 17.9 Å². The third-order valence-electron chi connectivity index (χ3n) is 8.92. The van der Waals surface area contributed by atoms with Gasteiger partial charge in [-0.15, -0.1) is 0 Å². The number of rotatable bonds is 7. The quantitative estimate of drug-likeness (QED) is 0.355. The summed E-state index contributed by atoms with van der Waals surface area (Å²) in [6.45, 7) is 4.85. The van der Waals surface area contributed by atoms with Gasteiger partial charge in [0.25, 0.3) is 0 Å². The highest BCUT2D eigenvalue weighted by molar-refractivity contribution is 5.85. The fraction of sp³-hybridized carbons (Fsp3) is 0.364. The first-order valence-corrected chi connectivity index (χ1v) is 13.4. The Hall–Kier alpha value is -3.60. The van der Waals surface area contributed by atoms with Crippen molar-refractivity contribution in [3.8, 4) is 22.6 Å². The van der Waals surface area contributed by atoms with Crippen LogP contribution in [0.1, 0.15) is 61.8 Å². The van der Waals surface area contributed by atoms with Gasteiger partial charge in [0.15, 0.2) is 0 Å². The number of methoxy groups -OCH3 is 1. The van der Waals surface area contributed by atoms with Gasteiger partial charge < -0.3 is 14.6 Å². The first-order valence-electron chi connectivity index (χ1n) is 13.4. The molecule has 0 unspecified atom stereocenters. The molecule has 0 saturated heterocycles. The van der Waals surface area contributed by atoms with Gasteiger partial charge in [0.2, 0.25) is 0 Å². The minimum absolute atomic E-state index is 0.0111. The predicted molar refractivity (Wildman–Crippen MR) is 146 cm³/mol. The van der Waals surface area contributed by atoms with Crippen LogP contribution in [-0.2, 0) is 23.2 Å². The molecular weight excluding hydrogens is 479 g/mol. The molecule has 0 aromatic heterocycles. The van der Waals surface area contributed by atoms with E-state index in [1.807, 2.05) is 18.2 Å². The van der Waals surface area contributed by atoms with Crippen molar-refractivity contribution in [1.29, 1.82) is 0 Å². The second-order valence-electron chi connectivity index (χ2n) is 11.6. The molecule has 1 fully saturated rings. The number of carbonyl (C=O) groups is 1. The van der Waals surface area contributed by atoms with E-state index in [2.05, 4.69) is 38.1 Å². The zero-order valence-electron chi connectivity index (χ0n) is 22.1. The molecule has 1 spiro atoms. The molecule has 0 aliphatic heterocycles. The number of hydrogen-bond donors (Lipinski definition) is 1. The topological polar surface area (TPSA) is 55.8 Å². The van der Waals surface area contributed by atoms with Crippen LogP contribution in [0.4, 0.5) is 4.39 Å². The molecule has 3 aromatic carbocycles. The van der Waals surface area contributed by atoms with E-state index >= 15 is 4.39 Å². The van der Waals surface area contributed by atoms with E-state index in [9.17, 15) is 9.90 Å². The van der Waals surface area contributed by atoms with E-state index in [1.54, 1.807) is 19.2 Å². The van der Waals surface area contributed by atoms with Crippen LogP contribution < -0.4 is 9.47 Å². The maximum Gasteiger partial charge on any atom is 0.307 e. The van der Waals surface area contributed by atoms with Crippen molar-refractivity contribution >= 4 is 11.5 Å². The Balaban J connectivity index is 1.31. The van der Waals surface area contributed by atoms with Crippen LogP contribution in [0.2, 0.25) is 0 Å². The van der Waals surface area contributed by atoms with Crippen molar-refractivity contribution in [2.45, 2.75) is 58.0 Å². The lowest BCUT2D eigenvalue weighted by Crippen LogP contribution is -2.12. The van der Waals surface area contributed by atoms with Crippen LogP contribution >= 0.6 is 0 Å². The molecule has 2 atom stereocenters. The van der Waals surface area contributed by atoms with E-state index in [4.69, 9.17) is 9.47 Å². The number of hydrogen-bond acceptors (Lipinski definition) is 3. The van der Waals surface area contributed by atoms with Gasteiger partial charge in [-0.3, -0.25) is 4.79 Å². The molecular formula is C33H33FO4. The Labute approximate surface area is 223 Å². The number of ether oxygens (including phenoxy) is 2. The number of carboxylic acids is 1. The number of aliphatic carboxylic acids is 1. The molecule has 3 aliphatic carbocycles. The molecule has 6 rings (SSSR count). The summed E-state index contributed by atoms with van der Waals surface area (Å²) in [6.07, 6.45) is 6.87. The monoisotopic (exact) mass is 512 g/mol. The molecule has 38 heavy (non-hydrogen) atoms. The minimum Gasteiger partial charge on any atom is -0.497 e. The van der Waals surface area contributed by atoms with Gasteiger partial charge in [-0.1, -0.05) is 38.1 Å². The number of aryl methyl sites for hydroxylation is 1. The largest absolute Gasteiger partial charge is 0.497 e. The average Bonchev–Trinajstić information content (AvgIpc) is 3.39. The summed E-state index contributed by atoms with van der Waals surface area (Å²) in [4.78, 5) is 11.6. The lowest BCUT2D eigenvalue weighted by atomic mass is 9.79. The first kappa shape index (κ1) is 24.7. The van der Waals surface area contributed by atoms with Gasteiger partial charge in [-0.25, -0.2) is 4.39 Å². The van der Waals surface area contributed by atoms with Crippen LogP contribution in [0.25, 0.3) is 16.7 Å². The van der Waals surface area contributed by atoms with Crippen molar-refractivity contribution in [3.05, 3.63) is 88.7 Å². The standard InChI is InChI=1S/C33H33FO4/c1-32(2)13-4-5-27(32)25-15-20(6-10-24(25)26-16-22(37-3)9-11-30(26)34)19-38-23-8-7-21-12-14-33(28(21)17-23)18-29(33)31(35)36/h5-11,15-17,29H,4,12-14,18-19H2,1-3H3,(H,35,36)/t29-,33+/m1/s1. The summed E-state index contributed by atoms with van der Waals surface area (Å²) in [5.41, 5.74) is 6.78. The van der Waals surface area contributed by atoms with Crippen molar-refractivity contribution in [2.75, 3.05) is 7.11 Å². The van der Waals surface area contributed by atoms with Gasteiger partial charge in [0, 0.05) is 11.0 Å². The summed E-state index contributed by atoms with van der Waals surface area (Å²) >= 11 is 0. The molecule has 3 aliphatic rings. The lowest BCUT2D eigenvalue weighted by Gasteiger charge is -2.25. The van der Waals surface area contributed by atoms with Crippen molar-refractivity contribution in [1.82, 2.24) is 0 Å². The van der Waals surface area contributed by atoms with Crippen molar-refractivity contribution in [3.63, 3.8) is 0 Å². The normalized spacial score (nSPS) is 22.7. The van der Waals surface area contributed by atoms with Crippen LogP contribution in [0.3, 0.4) is 0 Å². The van der Waals surface area contributed by atoms with Gasteiger partial charge in [-0.2, -0.15) is 0 Å². The fourth-order valence-electron chi connectivity index (χ4n) is 6.63. The highest BCUT2D eigenvalue weighted by Gasteiger charge is 2.61. The van der Waals surface area contributed by atoms with E-state index in [-0.39, 0.29) is 22.6 Å². The fourth-order valence-corrected chi connectivity index (χ4v) is 6.63. The molecule has 0 bridgehead atoms. The number of benzene rings is 3. The highest BCUT2D eigenvalue weighted by atomic mass is 19.1. The third-order valence-corrected chi connectivity index (χ3v) is 8.92. The number of fused-ring (bicyclic) bond motifs is 2.